The highest BCUT2D eigenvalue weighted by molar-refractivity contribution is 14.1. The molecular formula is C8H7IO3. The van der Waals surface area contributed by atoms with Crippen molar-refractivity contribution < 1.29 is 12.6 Å². The van der Waals surface area contributed by atoms with Gasteiger partial charge in [-0.3, -0.25) is 0 Å². The van der Waals surface area contributed by atoms with Crippen LogP contribution in [0.1, 0.15) is 10.4 Å². The SMILES string of the molecule is COc1ccccc1C(=O)OI. The van der Waals surface area contributed by atoms with Crippen LogP contribution in [-0.4, -0.2) is 13.1 Å². The topological polar surface area (TPSA) is 35.5 Å². The van der Waals surface area contributed by atoms with Gasteiger partial charge in [0.15, 0.2) is 23.0 Å². The summed E-state index contributed by atoms with van der Waals surface area (Å²) < 4.78 is 9.49. The Balaban J connectivity index is 3.04. The van der Waals surface area contributed by atoms with Crippen molar-refractivity contribution in [2.75, 3.05) is 7.11 Å². The van der Waals surface area contributed by atoms with Crippen molar-refractivity contribution in [3.05, 3.63) is 29.8 Å². The number of para-hydroxylation sites is 1. The van der Waals surface area contributed by atoms with Crippen molar-refractivity contribution in [3.63, 3.8) is 0 Å². The number of hydrogen-bond acceptors (Lipinski definition) is 3. The van der Waals surface area contributed by atoms with Gasteiger partial charge in [0.25, 0.3) is 0 Å². The van der Waals surface area contributed by atoms with Gasteiger partial charge in [-0.1, -0.05) is 12.1 Å². The van der Waals surface area contributed by atoms with Gasteiger partial charge < -0.3 is 7.80 Å². The molecule has 0 heterocycles. The molecule has 0 saturated carbocycles. The van der Waals surface area contributed by atoms with Crippen LogP contribution in [0.5, 0.6) is 5.75 Å². The molecule has 1 aromatic carbocycles. The lowest BCUT2D eigenvalue weighted by Crippen LogP contribution is -2.00. The maximum Gasteiger partial charge on any atom is 0.351 e. The molecule has 0 spiro atoms. The third kappa shape index (κ3) is 1.88. The number of methoxy groups -OCH3 is 1. The first-order valence-electron chi connectivity index (χ1n) is 3.25. The molecule has 0 unspecified atom stereocenters. The monoisotopic (exact) mass is 278 g/mol. The molecule has 1 aromatic rings. The van der Waals surface area contributed by atoms with Crippen LogP contribution in [0, 0.1) is 0 Å². The van der Waals surface area contributed by atoms with Gasteiger partial charge in [0.1, 0.15) is 11.3 Å². The number of carbonyl (C=O) groups is 1. The summed E-state index contributed by atoms with van der Waals surface area (Å²) >= 11 is 1.54. The van der Waals surface area contributed by atoms with E-state index >= 15 is 0 Å². The zero-order valence-electron chi connectivity index (χ0n) is 6.41. The van der Waals surface area contributed by atoms with Crippen molar-refractivity contribution in [2.45, 2.75) is 0 Å². The first-order chi connectivity index (χ1) is 5.79. The molecule has 0 aliphatic carbocycles. The standard InChI is InChI=1S/C8H7IO3/c1-11-7-5-3-2-4-6(7)8(10)12-9/h2-5H,1H3. The minimum Gasteiger partial charge on any atom is -0.496 e. The third-order valence-corrected chi connectivity index (χ3v) is 1.80. The molecule has 0 N–H and O–H groups in total. The lowest BCUT2D eigenvalue weighted by Gasteiger charge is -2.03. The van der Waals surface area contributed by atoms with Crippen molar-refractivity contribution in [1.29, 1.82) is 0 Å². The molecule has 0 aliphatic rings. The molecule has 0 bridgehead atoms. The molecule has 4 heteroatoms. The van der Waals surface area contributed by atoms with Crippen LogP contribution >= 0.6 is 23.0 Å². The first-order valence-corrected chi connectivity index (χ1v) is 4.13. The predicted octanol–water partition coefficient (Wildman–Crippen LogP) is 2.20. The van der Waals surface area contributed by atoms with Crippen molar-refractivity contribution in [3.8, 4) is 5.75 Å². The minimum absolute atomic E-state index is 0.395. The van der Waals surface area contributed by atoms with Gasteiger partial charge in [-0.05, 0) is 12.1 Å². The number of halogens is 1. The maximum atomic E-state index is 11.1. The van der Waals surface area contributed by atoms with Crippen molar-refractivity contribution >= 4 is 29.0 Å². The second-order valence-corrected chi connectivity index (χ2v) is 2.51. The zero-order chi connectivity index (χ0) is 8.97. The van der Waals surface area contributed by atoms with Crippen molar-refractivity contribution in [1.82, 2.24) is 0 Å². The van der Waals surface area contributed by atoms with Crippen LogP contribution in [-0.2, 0) is 3.07 Å². The fourth-order valence-corrected chi connectivity index (χ4v) is 1.09. The van der Waals surface area contributed by atoms with Crippen LogP contribution in [0.3, 0.4) is 0 Å². The Hall–Kier alpha value is -0.780. The van der Waals surface area contributed by atoms with Gasteiger partial charge >= 0.3 is 5.97 Å². The van der Waals surface area contributed by atoms with Gasteiger partial charge in [-0.15, -0.1) is 0 Å². The molecule has 0 aromatic heterocycles. The van der Waals surface area contributed by atoms with Gasteiger partial charge in [0.05, 0.1) is 7.11 Å². The number of ether oxygens (including phenoxy) is 1. The van der Waals surface area contributed by atoms with E-state index in [0.29, 0.717) is 11.3 Å². The molecule has 0 saturated heterocycles. The fraction of sp³-hybridized carbons (Fsp3) is 0.125. The summed E-state index contributed by atoms with van der Waals surface area (Å²) in [7, 11) is 1.51. The first kappa shape index (κ1) is 9.31. The van der Waals surface area contributed by atoms with E-state index in [4.69, 9.17) is 4.74 Å². The fourth-order valence-electron chi connectivity index (χ4n) is 0.855. The Labute approximate surface area is 84.4 Å². The Kier molecular flexibility index (Phi) is 3.33. The van der Waals surface area contributed by atoms with Crippen LogP contribution in [0.4, 0.5) is 0 Å². The van der Waals surface area contributed by atoms with Gasteiger partial charge in [-0.25, -0.2) is 4.79 Å². The smallest absolute Gasteiger partial charge is 0.351 e. The normalized spacial score (nSPS) is 9.17. The van der Waals surface area contributed by atoms with E-state index in [2.05, 4.69) is 3.07 Å². The Morgan fingerprint density at radius 1 is 1.42 bits per heavy atom. The second kappa shape index (κ2) is 4.30. The summed E-state index contributed by atoms with van der Waals surface area (Å²) in [5.74, 6) is 0.132. The lowest BCUT2D eigenvalue weighted by atomic mass is 10.2. The summed E-state index contributed by atoms with van der Waals surface area (Å²) in [6.07, 6.45) is 0. The summed E-state index contributed by atoms with van der Waals surface area (Å²) in [5, 5.41) is 0. The highest BCUT2D eigenvalue weighted by Crippen LogP contribution is 2.18. The van der Waals surface area contributed by atoms with E-state index < -0.39 is 5.97 Å². The molecule has 3 nitrogen and oxygen atoms in total. The van der Waals surface area contributed by atoms with E-state index in [1.54, 1.807) is 47.3 Å². The van der Waals surface area contributed by atoms with E-state index in [9.17, 15) is 4.79 Å². The van der Waals surface area contributed by atoms with E-state index in [1.807, 2.05) is 0 Å². The Morgan fingerprint density at radius 2 is 2.08 bits per heavy atom. The highest BCUT2D eigenvalue weighted by atomic mass is 127. The molecule has 0 atom stereocenters. The van der Waals surface area contributed by atoms with Crippen LogP contribution in [0.25, 0.3) is 0 Å². The molecule has 0 aliphatic heterocycles. The molecule has 64 valence electrons. The molecule has 1 rings (SSSR count). The second-order valence-electron chi connectivity index (χ2n) is 2.06. The number of benzene rings is 1. The molecule has 0 radical (unpaired) electrons. The van der Waals surface area contributed by atoms with Gasteiger partial charge in [-0.2, -0.15) is 0 Å². The summed E-state index contributed by atoms with van der Waals surface area (Å²) in [4.78, 5) is 11.1. The highest BCUT2D eigenvalue weighted by Gasteiger charge is 2.10. The lowest BCUT2D eigenvalue weighted by molar-refractivity contribution is 0.0797. The number of hydrogen-bond donors (Lipinski definition) is 0. The molecule has 0 fully saturated rings. The minimum atomic E-state index is -0.395. The average molecular weight is 278 g/mol. The number of rotatable bonds is 2. The maximum absolute atomic E-state index is 11.1. The summed E-state index contributed by atoms with van der Waals surface area (Å²) in [6, 6.07) is 6.91. The predicted molar refractivity (Wildman–Crippen MR) is 52.4 cm³/mol. The third-order valence-electron chi connectivity index (χ3n) is 1.40. The number of carbonyl (C=O) groups excluding carboxylic acids is 1. The van der Waals surface area contributed by atoms with Gasteiger partial charge in [0.2, 0.25) is 0 Å². The molecular weight excluding hydrogens is 271 g/mol. The van der Waals surface area contributed by atoms with Crippen LogP contribution in [0.2, 0.25) is 0 Å². The average Bonchev–Trinajstić information content (AvgIpc) is 2.16. The van der Waals surface area contributed by atoms with E-state index in [-0.39, 0.29) is 0 Å². The van der Waals surface area contributed by atoms with Gasteiger partial charge in [0, 0.05) is 0 Å². The Bertz CT molecular complexity index is 285. The van der Waals surface area contributed by atoms with Crippen LogP contribution < -0.4 is 4.74 Å². The Morgan fingerprint density at radius 3 is 2.67 bits per heavy atom. The largest absolute Gasteiger partial charge is 0.496 e. The zero-order valence-corrected chi connectivity index (χ0v) is 8.57. The van der Waals surface area contributed by atoms with Crippen LogP contribution in [0.15, 0.2) is 24.3 Å². The van der Waals surface area contributed by atoms with E-state index in [0.717, 1.165) is 0 Å². The van der Waals surface area contributed by atoms with Crippen molar-refractivity contribution in [2.24, 2.45) is 0 Å². The quantitative estimate of drug-likeness (QED) is 0.778. The molecule has 0 amide bonds. The summed E-state index contributed by atoms with van der Waals surface area (Å²) in [5.41, 5.74) is 0.439. The van der Waals surface area contributed by atoms with E-state index in [1.165, 1.54) is 7.11 Å². The molecule has 12 heavy (non-hydrogen) atoms. The summed E-state index contributed by atoms with van der Waals surface area (Å²) in [6.45, 7) is 0.